The predicted molar refractivity (Wildman–Crippen MR) is 238 cm³/mol. The van der Waals surface area contributed by atoms with Gasteiger partial charge in [-0.2, -0.15) is 0 Å². The van der Waals surface area contributed by atoms with Crippen molar-refractivity contribution in [1.29, 1.82) is 0 Å². The van der Waals surface area contributed by atoms with Crippen LogP contribution >= 0.6 is 0 Å². The third-order valence-corrected chi connectivity index (χ3v) is 13.0. The minimum atomic E-state index is -0.673. The third-order valence-electron chi connectivity index (χ3n) is 13.0. The number of aromatic nitrogens is 1. The molecule has 2 aromatic heterocycles. The Kier molecular flexibility index (Phi) is 12.2. The number of ether oxygens (including phenoxy) is 3. The predicted octanol–water partition coefficient (Wildman–Crippen LogP) is 2.00. The van der Waals surface area contributed by atoms with Crippen LogP contribution in [-0.4, -0.2) is 167 Å². The van der Waals surface area contributed by atoms with Crippen LogP contribution in [-0.2, 0) is 19.1 Å². The van der Waals surface area contributed by atoms with Crippen molar-refractivity contribution >= 4 is 56.3 Å². The van der Waals surface area contributed by atoms with Crippen LogP contribution in [0.5, 0.6) is 11.5 Å². The summed E-state index contributed by atoms with van der Waals surface area (Å²) in [5.74, 6) is -0.924. The Morgan fingerprint density at radius 3 is 2.09 bits per heavy atom. The van der Waals surface area contributed by atoms with E-state index in [9.17, 15) is 19.2 Å². The van der Waals surface area contributed by atoms with Gasteiger partial charge in [-0.15, -0.1) is 0 Å². The minimum absolute atomic E-state index is 0.00291. The number of anilines is 1. The Morgan fingerprint density at radius 1 is 0.734 bits per heavy atom. The van der Waals surface area contributed by atoms with Crippen molar-refractivity contribution in [3.63, 3.8) is 0 Å². The number of nitrogens with one attached hydrogen (secondary N) is 4. The summed E-state index contributed by atoms with van der Waals surface area (Å²) in [6.07, 6.45) is 2.63. The van der Waals surface area contributed by atoms with E-state index in [1.165, 1.54) is 12.3 Å². The normalized spacial score (nSPS) is 20.3. The zero-order chi connectivity index (χ0) is 43.7. The van der Waals surface area contributed by atoms with Crippen LogP contribution in [0.4, 0.5) is 10.1 Å². The third kappa shape index (κ3) is 8.65. The lowest BCUT2D eigenvalue weighted by Crippen LogP contribution is -2.45. The van der Waals surface area contributed by atoms with E-state index in [0.717, 1.165) is 76.5 Å². The van der Waals surface area contributed by atoms with Crippen molar-refractivity contribution in [2.45, 2.75) is 24.9 Å². The highest BCUT2D eigenvalue weighted by atomic mass is 19.1. The number of amides is 3. The zero-order valence-corrected chi connectivity index (χ0v) is 35.8. The van der Waals surface area contributed by atoms with Crippen molar-refractivity contribution < 1.29 is 37.4 Å². The Hall–Kier alpha value is -5.63. The quantitative estimate of drug-likeness (QED) is 0.117. The van der Waals surface area contributed by atoms with Crippen molar-refractivity contribution in [2.75, 3.05) is 123 Å². The number of benzene rings is 3. The lowest BCUT2D eigenvalue weighted by molar-refractivity contribution is -0.121. The number of hydrogen-bond donors (Lipinski definition) is 4. The van der Waals surface area contributed by atoms with Gasteiger partial charge in [-0.3, -0.25) is 29.0 Å². The van der Waals surface area contributed by atoms with Crippen LogP contribution in [0.1, 0.15) is 23.2 Å². The summed E-state index contributed by atoms with van der Waals surface area (Å²) in [6.45, 7) is 11.0. The first-order valence-electron chi connectivity index (χ1n) is 22.5. The Balaban J connectivity index is 0.889. The molecular weight excluding hydrogens is 826 g/mol. The molecule has 2 atom stereocenters. The summed E-state index contributed by atoms with van der Waals surface area (Å²) in [7, 11) is 0. The number of halogens is 1. The number of furan rings is 1. The SMILES string of the molecule is O=C(CNCCN1CCOCC1)N[C@@H]1CCN(C(=O)c2cn3c4c(c(N5CC[C@@H](NC(=O)CNCCN6CCOCC6)C5)c(F)cc4c2=O)Oc2cc4c(cc2-3)oc2ccccc24)C1. The first kappa shape index (κ1) is 42.3. The second-order valence-electron chi connectivity index (χ2n) is 17.3. The Morgan fingerprint density at radius 2 is 1.39 bits per heavy atom. The van der Waals surface area contributed by atoms with Gasteiger partial charge in [0, 0.05) is 114 Å². The number of nitrogens with zero attached hydrogens (tertiary/aromatic N) is 5. The highest BCUT2D eigenvalue weighted by Gasteiger charge is 2.36. The zero-order valence-electron chi connectivity index (χ0n) is 35.8. The molecule has 0 radical (unpaired) electrons. The molecule has 0 bridgehead atoms. The summed E-state index contributed by atoms with van der Waals surface area (Å²) in [4.78, 5) is 62.6. The van der Waals surface area contributed by atoms with Crippen LogP contribution in [0.25, 0.3) is 38.5 Å². The van der Waals surface area contributed by atoms with E-state index < -0.39 is 17.2 Å². The molecule has 0 aliphatic carbocycles. The second kappa shape index (κ2) is 18.5. The second-order valence-corrected chi connectivity index (χ2v) is 17.3. The highest BCUT2D eigenvalue weighted by Crippen LogP contribution is 2.49. The molecule has 4 fully saturated rings. The Bertz CT molecular complexity index is 2640. The Labute approximate surface area is 368 Å². The molecule has 4 N–H and O–H groups in total. The number of fused-ring (bicyclic) bond motifs is 5. The summed E-state index contributed by atoms with van der Waals surface area (Å²) in [5, 5.41) is 14.2. The maximum Gasteiger partial charge on any atom is 0.259 e. The molecule has 5 aliphatic heterocycles. The van der Waals surface area contributed by atoms with Crippen LogP contribution < -0.4 is 36.3 Å². The van der Waals surface area contributed by atoms with Gasteiger partial charge in [0.25, 0.3) is 5.91 Å². The number of carbonyl (C=O) groups excluding carboxylic acids is 3. The molecule has 3 aromatic carbocycles. The minimum Gasteiger partial charge on any atom is -0.456 e. The molecule has 64 heavy (non-hydrogen) atoms. The summed E-state index contributed by atoms with van der Waals surface area (Å²) >= 11 is 0. The highest BCUT2D eigenvalue weighted by molar-refractivity contribution is 6.07. The lowest BCUT2D eigenvalue weighted by Gasteiger charge is -2.29. The molecule has 7 heterocycles. The average molecular weight is 880 g/mol. The van der Waals surface area contributed by atoms with Gasteiger partial charge in [-0.05, 0) is 31.0 Å². The number of pyridine rings is 1. The van der Waals surface area contributed by atoms with Crippen LogP contribution in [0.2, 0.25) is 0 Å². The molecule has 3 amide bonds. The van der Waals surface area contributed by atoms with Crippen LogP contribution in [0.3, 0.4) is 0 Å². The number of rotatable bonds is 14. The monoisotopic (exact) mass is 879 g/mol. The van der Waals surface area contributed by atoms with E-state index in [2.05, 4.69) is 31.1 Å². The molecule has 5 aliphatic rings. The van der Waals surface area contributed by atoms with Gasteiger partial charge in [0.1, 0.15) is 27.9 Å². The lowest BCUT2D eigenvalue weighted by atomic mass is 10.0. The van der Waals surface area contributed by atoms with Gasteiger partial charge in [0.05, 0.1) is 50.6 Å². The van der Waals surface area contributed by atoms with E-state index in [4.69, 9.17) is 18.6 Å². The van der Waals surface area contributed by atoms with Crippen molar-refractivity contribution in [2.24, 2.45) is 0 Å². The van der Waals surface area contributed by atoms with Crippen molar-refractivity contribution in [3.8, 4) is 17.2 Å². The number of carbonyl (C=O) groups is 3. The van der Waals surface area contributed by atoms with Gasteiger partial charge in [-0.25, -0.2) is 4.39 Å². The fraction of sp³-hybridized carbons (Fsp3) is 0.478. The summed E-state index contributed by atoms with van der Waals surface area (Å²) in [5.41, 5.74) is 1.54. The smallest absolute Gasteiger partial charge is 0.259 e. The molecule has 10 rings (SSSR count). The van der Waals surface area contributed by atoms with E-state index in [1.54, 1.807) is 9.47 Å². The van der Waals surface area contributed by atoms with Crippen molar-refractivity contribution in [1.82, 2.24) is 40.5 Å². The van der Waals surface area contributed by atoms with E-state index in [-0.39, 0.29) is 65.9 Å². The summed E-state index contributed by atoms with van der Waals surface area (Å²) < 4.78 is 42.2. The standard InChI is InChI=1S/C46H54FN9O8/c47-35-21-33-42-45(43(35)54-9-5-29(26-54)50-40(57)24-48-7-11-52-13-17-61-18-14-52)64-39-22-32-31-3-1-2-4-37(31)63-38(32)23-36(39)56(42)28-34(44(33)59)46(60)55-10-6-30(27-55)51-41(58)25-49-8-12-53-15-19-62-20-16-53/h1-4,21-23,28-30,48-49H,5-20,24-27H2,(H,50,57)(H,51,58)/t29-,30-/m1/s1. The molecule has 0 spiro atoms. The molecule has 0 saturated carbocycles. The van der Waals surface area contributed by atoms with Gasteiger partial charge < -0.3 is 54.3 Å². The molecule has 4 saturated heterocycles. The number of morpholine rings is 2. The van der Waals surface area contributed by atoms with Crippen LogP contribution in [0.15, 0.2) is 57.9 Å². The molecule has 5 aromatic rings. The van der Waals surface area contributed by atoms with Gasteiger partial charge in [0.2, 0.25) is 17.2 Å². The number of hydrogen-bond acceptors (Lipinski definition) is 13. The number of para-hydroxylation sites is 1. The van der Waals surface area contributed by atoms with Gasteiger partial charge >= 0.3 is 0 Å². The van der Waals surface area contributed by atoms with Crippen LogP contribution in [0, 0.1) is 5.82 Å². The first-order valence-corrected chi connectivity index (χ1v) is 22.5. The fourth-order valence-electron chi connectivity index (χ4n) is 9.67. The first-order chi connectivity index (χ1) is 31.3. The topological polar surface area (TPSA) is 175 Å². The van der Waals surface area contributed by atoms with E-state index in [0.29, 0.717) is 73.7 Å². The fourth-order valence-corrected chi connectivity index (χ4v) is 9.67. The molecule has 338 valence electrons. The number of likely N-dealkylation sites (tertiary alicyclic amines) is 1. The van der Waals surface area contributed by atoms with E-state index in [1.807, 2.05) is 41.3 Å². The van der Waals surface area contributed by atoms with Crippen molar-refractivity contribution in [3.05, 3.63) is 70.3 Å². The van der Waals surface area contributed by atoms with E-state index >= 15 is 4.39 Å². The molecule has 17 nitrogen and oxygen atoms in total. The largest absolute Gasteiger partial charge is 0.456 e. The molecular formula is C46H54FN9O8. The molecule has 0 unspecified atom stereocenters. The summed E-state index contributed by atoms with van der Waals surface area (Å²) in [6, 6.07) is 12.0. The average Bonchev–Trinajstić information content (AvgIpc) is 4.06. The maximum atomic E-state index is 16.8. The van der Waals surface area contributed by atoms with Gasteiger partial charge in [0.15, 0.2) is 17.3 Å². The maximum absolute atomic E-state index is 16.8. The molecule has 18 heteroatoms. The van der Waals surface area contributed by atoms with Gasteiger partial charge in [-0.1, -0.05) is 18.2 Å².